The lowest BCUT2D eigenvalue weighted by Gasteiger charge is -2.23. The summed E-state index contributed by atoms with van der Waals surface area (Å²) in [7, 11) is 0. The van der Waals surface area contributed by atoms with E-state index in [9.17, 15) is 5.11 Å². The quantitative estimate of drug-likeness (QED) is 0.814. The fourth-order valence-electron chi connectivity index (χ4n) is 1.72. The molecular weight excluding hydrogens is 274 g/mol. The molecule has 4 heteroatoms. The fraction of sp³-hybridized carbons (Fsp3) is 0.636. The molecule has 0 amide bonds. The highest BCUT2D eigenvalue weighted by molar-refractivity contribution is 9.09. The third kappa shape index (κ3) is 3.55. The molecule has 0 radical (unpaired) electrons. The lowest BCUT2D eigenvalue weighted by molar-refractivity contribution is 0.122. The van der Waals surface area contributed by atoms with Crippen LogP contribution >= 0.6 is 27.3 Å². The summed E-state index contributed by atoms with van der Waals surface area (Å²) in [6, 6.07) is 2.87. The summed E-state index contributed by atoms with van der Waals surface area (Å²) in [4.78, 5) is 2.40. The molecule has 1 aromatic heterocycles. The maximum Gasteiger partial charge on any atom is 0.0763 e. The highest BCUT2D eigenvalue weighted by Gasteiger charge is 2.29. The van der Waals surface area contributed by atoms with Crippen molar-refractivity contribution in [2.75, 3.05) is 11.9 Å². The van der Waals surface area contributed by atoms with Gasteiger partial charge in [0.2, 0.25) is 0 Å². The van der Waals surface area contributed by atoms with Crippen LogP contribution in [0.4, 0.5) is 0 Å². The average molecular weight is 290 g/mol. The zero-order valence-electron chi connectivity index (χ0n) is 8.60. The lowest BCUT2D eigenvalue weighted by Crippen LogP contribution is -2.34. The summed E-state index contributed by atoms with van der Waals surface area (Å²) in [6.07, 6.45) is 2.34. The van der Waals surface area contributed by atoms with Crippen molar-refractivity contribution in [3.05, 3.63) is 22.4 Å². The van der Waals surface area contributed by atoms with Gasteiger partial charge < -0.3 is 5.11 Å². The molecule has 1 aliphatic carbocycles. The molecule has 2 rings (SSSR count). The van der Waals surface area contributed by atoms with Crippen LogP contribution in [0.5, 0.6) is 0 Å². The molecule has 2 nitrogen and oxygen atoms in total. The molecule has 0 spiro atoms. The standard InChI is InChI=1S/C11H16BrNOS/c12-5-11(14)7-13(10-1-2-10)6-9-3-4-15-8-9/h3-4,8,10-11,14H,1-2,5-7H2. The zero-order chi connectivity index (χ0) is 10.7. The van der Waals surface area contributed by atoms with E-state index in [2.05, 4.69) is 37.7 Å². The molecule has 0 saturated heterocycles. The smallest absolute Gasteiger partial charge is 0.0763 e. The maximum atomic E-state index is 9.65. The summed E-state index contributed by atoms with van der Waals surface area (Å²) < 4.78 is 0. The van der Waals surface area contributed by atoms with Crippen LogP contribution < -0.4 is 0 Å². The zero-order valence-corrected chi connectivity index (χ0v) is 11.0. The Kier molecular flexibility index (Phi) is 4.20. The Labute approximate surface area is 103 Å². The van der Waals surface area contributed by atoms with Crippen LogP contribution in [0, 0.1) is 0 Å². The van der Waals surface area contributed by atoms with E-state index in [1.807, 2.05) is 0 Å². The number of rotatable bonds is 6. The lowest BCUT2D eigenvalue weighted by atomic mass is 10.2. The van der Waals surface area contributed by atoms with Crippen molar-refractivity contribution >= 4 is 27.3 Å². The summed E-state index contributed by atoms with van der Waals surface area (Å²) in [6.45, 7) is 1.77. The van der Waals surface area contributed by atoms with E-state index in [4.69, 9.17) is 0 Å². The van der Waals surface area contributed by atoms with Gasteiger partial charge in [-0.3, -0.25) is 4.90 Å². The molecule has 1 unspecified atom stereocenters. The van der Waals surface area contributed by atoms with Crippen molar-refractivity contribution < 1.29 is 5.11 Å². The number of alkyl halides is 1. The van der Waals surface area contributed by atoms with E-state index in [0.717, 1.165) is 13.1 Å². The Hall–Kier alpha value is 0.100. The number of aliphatic hydroxyl groups is 1. The van der Waals surface area contributed by atoms with Gasteiger partial charge in [0.05, 0.1) is 6.10 Å². The van der Waals surface area contributed by atoms with Crippen molar-refractivity contribution in [3.63, 3.8) is 0 Å². The highest BCUT2D eigenvalue weighted by Crippen LogP contribution is 2.28. The first-order valence-corrected chi connectivity index (χ1v) is 7.35. The number of thiophene rings is 1. The number of halogens is 1. The molecule has 1 aliphatic rings. The number of aliphatic hydroxyl groups excluding tert-OH is 1. The molecule has 1 atom stereocenters. The molecule has 0 bridgehead atoms. The molecule has 1 fully saturated rings. The van der Waals surface area contributed by atoms with E-state index in [0.29, 0.717) is 11.4 Å². The van der Waals surface area contributed by atoms with Gasteiger partial charge in [0.15, 0.2) is 0 Å². The first-order chi connectivity index (χ1) is 7.29. The Morgan fingerprint density at radius 3 is 2.93 bits per heavy atom. The Balaban J connectivity index is 1.88. The maximum absolute atomic E-state index is 9.65. The van der Waals surface area contributed by atoms with Crippen LogP contribution in [0.2, 0.25) is 0 Å². The topological polar surface area (TPSA) is 23.5 Å². The first-order valence-electron chi connectivity index (χ1n) is 5.28. The van der Waals surface area contributed by atoms with Gasteiger partial charge >= 0.3 is 0 Å². The molecular formula is C11H16BrNOS. The fourth-order valence-corrected chi connectivity index (χ4v) is 2.58. The van der Waals surface area contributed by atoms with E-state index in [1.54, 1.807) is 11.3 Å². The second-order valence-corrected chi connectivity index (χ2v) is 5.53. The van der Waals surface area contributed by atoms with Crippen LogP contribution in [0.25, 0.3) is 0 Å². The Morgan fingerprint density at radius 2 is 2.40 bits per heavy atom. The minimum absolute atomic E-state index is 0.246. The minimum atomic E-state index is -0.246. The largest absolute Gasteiger partial charge is 0.391 e. The third-order valence-electron chi connectivity index (χ3n) is 2.65. The number of hydrogen-bond donors (Lipinski definition) is 1. The molecule has 1 heterocycles. The second-order valence-electron chi connectivity index (χ2n) is 4.10. The molecule has 0 aliphatic heterocycles. The molecule has 0 aromatic carbocycles. The molecule has 84 valence electrons. The number of hydrogen-bond acceptors (Lipinski definition) is 3. The molecule has 1 aromatic rings. The Morgan fingerprint density at radius 1 is 1.60 bits per heavy atom. The van der Waals surface area contributed by atoms with Crippen LogP contribution in [0.3, 0.4) is 0 Å². The van der Waals surface area contributed by atoms with Gasteiger partial charge in [-0.25, -0.2) is 0 Å². The third-order valence-corrected chi connectivity index (χ3v) is 4.13. The predicted octanol–water partition coefficient (Wildman–Crippen LogP) is 2.47. The van der Waals surface area contributed by atoms with Gasteiger partial charge in [0, 0.05) is 24.5 Å². The van der Waals surface area contributed by atoms with Crippen LogP contribution in [0.15, 0.2) is 16.8 Å². The normalized spacial score (nSPS) is 18.3. The van der Waals surface area contributed by atoms with E-state index >= 15 is 0 Å². The van der Waals surface area contributed by atoms with Gasteiger partial charge in [-0.15, -0.1) is 0 Å². The van der Waals surface area contributed by atoms with Gasteiger partial charge in [0.25, 0.3) is 0 Å². The van der Waals surface area contributed by atoms with Crippen molar-refractivity contribution in [1.29, 1.82) is 0 Å². The summed E-state index contributed by atoms with van der Waals surface area (Å²) in [5.41, 5.74) is 1.37. The SMILES string of the molecule is OC(CBr)CN(Cc1ccsc1)C1CC1. The minimum Gasteiger partial charge on any atom is -0.391 e. The van der Waals surface area contributed by atoms with Gasteiger partial charge in [0.1, 0.15) is 0 Å². The number of nitrogens with zero attached hydrogens (tertiary/aromatic N) is 1. The van der Waals surface area contributed by atoms with Crippen molar-refractivity contribution in [3.8, 4) is 0 Å². The predicted molar refractivity (Wildman–Crippen MR) is 67.6 cm³/mol. The van der Waals surface area contributed by atoms with E-state index < -0.39 is 0 Å². The van der Waals surface area contributed by atoms with Crippen molar-refractivity contribution in [2.45, 2.75) is 31.5 Å². The van der Waals surface area contributed by atoms with E-state index in [1.165, 1.54) is 18.4 Å². The monoisotopic (exact) mass is 289 g/mol. The average Bonchev–Trinajstić information content (AvgIpc) is 2.97. The van der Waals surface area contributed by atoms with Crippen LogP contribution in [-0.4, -0.2) is 34.0 Å². The summed E-state index contributed by atoms with van der Waals surface area (Å²) in [5, 5.41) is 14.6. The van der Waals surface area contributed by atoms with Crippen LogP contribution in [0.1, 0.15) is 18.4 Å². The Bertz CT molecular complexity index is 287. The van der Waals surface area contributed by atoms with Crippen molar-refractivity contribution in [1.82, 2.24) is 4.90 Å². The molecule has 1 saturated carbocycles. The van der Waals surface area contributed by atoms with E-state index in [-0.39, 0.29) is 6.10 Å². The summed E-state index contributed by atoms with van der Waals surface area (Å²) in [5.74, 6) is 0. The van der Waals surface area contributed by atoms with Gasteiger partial charge in [-0.05, 0) is 35.2 Å². The van der Waals surface area contributed by atoms with Crippen molar-refractivity contribution in [2.24, 2.45) is 0 Å². The summed E-state index contributed by atoms with van der Waals surface area (Å²) >= 11 is 5.06. The van der Waals surface area contributed by atoms with Crippen LogP contribution in [-0.2, 0) is 6.54 Å². The van der Waals surface area contributed by atoms with Gasteiger partial charge in [-0.2, -0.15) is 11.3 Å². The first kappa shape index (κ1) is 11.6. The second kappa shape index (κ2) is 5.43. The van der Waals surface area contributed by atoms with Gasteiger partial charge in [-0.1, -0.05) is 15.9 Å². The molecule has 15 heavy (non-hydrogen) atoms. The highest BCUT2D eigenvalue weighted by atomic mass is 79.9. The molecule has 1 N–H and O–H groups in total.